The normalized spacial score (nSPS) is 12.0. The fourth-order valence-corrected chi connectivity index (χ4v) is 2.91. The number of nitrogens with zero attached hydrogens (tertiary/aromatic N) is 3. The van der Waals surface area contributed by atoms with Crippen molar-refractivity contribution in [2.75, 3.05) is 18.9 Å². The maximum atomic E-state index is 12.4. The molecule has 12 heteroatoms. The number of nitrogen functional groups attached to an aromatic ring is 1. The first kappa shape index (κ1) is 23.7. The number of carbonyl (C=O) groups is 2. The predicted molar refractivity (Wildman–Crippen MR) is 118 cm³/mol. The Labute approximate surface area is 189 Å². The van der Waals surface area contributed by atoms with Crippen LogP contribution >= 0.6 is 0 Å². The van der Waals surface area contributed by atoms with Gasteiger partial charge in [0, 0.05) is 0 Å². The summed E-state index contributed by atoms with van der Waals surface area (Å²) in [6.45, 7) is 3.73. The second kappa shape index (κ2) is 11.1. The summed E-state index contributed by atoms with van der Waals surface area (Å²) in [6, 6.07) is 8.34. The van der Waals surface area contributed by atoms with Crippen LogP contribution in [0.1, 0.15) is 19.4 Å². The molecule has 0 aliphatic heterocycles. The third kappa shape index (κ3) is 6.53. The third-order valence-electron chi connectivity index (χ3n) is 4.60. The van der Waals surface area contributed by atoms with Crippen LogP contribution in [0, 0.1) is 5.92 Å². The van der Waals surface area contributed by atoms with Crippen LogP contribution in [0.25, 0.3) is 11.2 Å². The van der Waals surface area contributed by atoms with Crippen molar-refractivity contribution >= 4 is 29.2 Å². The Balaban J connectivity index is 1.42. The molecule has 176 valence electrons. The summed E-state index contributed by atoms with van der Waals surface area (Å²) >= 11 is 0. The molecule has 4 N–H and O–H groups in total. The number of hydrogen-bond acceptors (Lipinski definition) is 9. The zero-order chi connectivity index (χ0) is 23.8. The number of alkyl carbamates (subject to hydrolysis) is 1. The molecule has 1 amide bonds. The van der Waals surface area contributed by atoms with Crippen LogP contribution in [0.2, 0.25) is 0 Å². The van der Waals surface area contributed by atoms with Crippen molar-refractivity contribution in [3.05, 3.63) is 52.6 Å². The van der Waals surface area contributed by atoms with Crippen molar-refractivity contribution in [3.8, 4) is 0 Å². The van der Waals surface area contributed by atoms with Gasteiger partial charge in [0.25, 0.3) is 5.56 Å². The Kier molecular flexibility index (Phi) is 7.97. The van der Waals surface area contributed by atoms with Crippen LogP contribution in [0.4, 0.5) is 10.7 Å². The Morgan fingerprint density at radius 1 is 1.18 bits per heavy atom. The van der Waals surface area contributed by atoms with E-state index in [0.717, 1.165) is 5.56 Å². The second-order valence-corrected chi connectivity index (χ2v) is 7.47. The summed E-state index contributed by atoms with van der Waals surface area (Å²) in [4.78, 5) is 46.7. The van der Waals surface area contributed by atoms with Gasteiger partial charge in [0.15, 0.2) is 11.2 Å². The summed E-state index contributed by atoms with van der Waals surface area (Å²) in [5.74, 6) is -0.841. The Morgan fingerprint density at radius 2 is 1.94 bits per heavy atom. The first-order valence-corrected chi connectivity index (χ1v) is 10.3. The zero-order valence-electron chi connectivity index (χ0n) is 18.3. The average molecular weight is 458 g/mol. The zero-order valence-corrected chi connectivity index (χ0v) is 18.3. The molecule has 0 unspecified atom stereocenters. The monoisotopic (exact) mass is 458 g/mol. The van der Waals surface area contributed by atoms with Crippen LogP contribution < -0.4 is 16.6 Å². The number of H-pyrrole nitrogens is 1. The van der Waals surface area contributed by atoms with Gasteiger partial charge in [-0.3, -0.25) is 14.3 Å². The van der Waals surface area contributed by atoms with E-state index in [4.69, 9.17) is 19.9 Å². The van der Waals surface area contributed by atoms with Gasteiger partial charge in [-0.15, -0.1) is 0 Å². The topological polar surface area (TPSA) is 163 Å². The lowest BCUT2D eigenvalue weighted by Crippen LogP contribution is -2.45. The largest absolute Gasteiger partial charge is 0.462 e. The smallest absolute Gasteiger partial charge is 0.408 e. The fraction of sp³-hybridized carbons (Fsp3) is 0.381. The number of benzene rings is 1. The van der Waals surface area contributed by atoms with E-state index in [0.29, 0.717) is 0 Å². The Hall–Kier alpha value is -3.93. The lowest BCUT2D eigenvalue weighted by atomic mass is 10.1. The molecule has 0 aliphatic rings. The number of carbonyl (C=O) groups excluding carboxylic acids is 2. The van der Waals surface area contributed by atoms with Gasteiger partial charge in [-0.2, -0.15) is 4.98 Å². The summed E-state index contributed by atoms with van der Waals surface area (Å²) in [7, 11) is 0. The molecule has 0 saturated heterocycles. The predicted octanol–water partition coefficient (Wildman–Crippen LogP) is 1.17. The minimum atomic E-state index is -0.871. The van der Waals surface area contributed by atoms with E-state index in [1.54, 1.807) is 13.8 Å². The van der Waals surface area contributed by atoms with Crippen molar-refractivity contribution < 1.29 is 23.8 Å². The number of nitrogens with one attached hydrogen (secondary N) is 2. The molecule has 0 radical (unpaired) electrons. The SMILES string of the molecule is CC(C)[C@H](NC(=O)OCc1ccccc1)C(=O)OCCOCn1cnc2c(=O)[nH]c(N)nc21. The van der Waals surface area contributed by atoms with Crippen molar-refractivity contribution in [1.29, 1.82) is 0 Å². The van der Waals surface area contributed by atoms with Gasteiger partial charge >= 0.3 is 12.1 Å². The standard InChI is InChI=1S/C21H26N6O6/c1-13(2)15(24-21(30)33-10-14-6-4-3-5-7-14)19(29)32-9-8-31-12-27-11-23-16-17(27)25-20(22)26-18(16)28/h3-7,11,13,15H,8-10,12H2,1-2H3,(H,24,30)(H3,22,25,26,28)/t15-/m0/s1. The highest BCUT2D eigenvalue weighted by Crippen LogP contribution is 2.08. The lowest BCUT2D eigenvalue weighted by molar-refractivity contribution is -0.149. The molecule has 0 saturated carbocycles. The summed E-state index contributed by atoms with van der Waals surface area (Å²) in [6.07, 6.45) is 0.692. The van der Waals surface area contributed by atoms with Crippen LogP contribution in [-0.4, -0.2) is 50.8 Å². The van der Waals surface area contributed by atoms with Crippen molar-refractivity contribution in [1.82, 2.24) is 24.8 Å². The van der Waals surface area contributed by atoms with E-state index in [1.807, 2.05) is 30.3 Å². The highest BCUT2D eigenvalue weighted by atomic mass is 16.6. The van der Waals surface area contributed by atoms with E-state index in [-0.39, 0.29) is 49.6 Å². The quantitative estimate of drug-likeness (QED) is 0.299. The van der Waals surface area contributed by atoms with Gasteiger partial charge in [0.2, 0.25) is 5.95 Å². The number of hydrogen-bond donors (Lipinski definition) is 3. The highest BCUT2D eigenvalue weighted by molar-refractivity contribution is 5.81. The number of esters is 1. The lowest BCUT2D eigenvalue weighted by Gasteiger charge is -2.20. The molecule has 12 nitrogen and oxygen atoms in total. The molecular weight excluding hydrogens is 432 g/mol. The van der Waals surface area contributed by atoms with Crippen molar-refractivity contribution in [2.45, 2.75) is 33.2 Å². The van der Waals surface area contributed by atoms with E-state index in [9.17, 15) is 14.4 Å². The molecule has 0 bridgehead atoms. The number of anilines is 1. The number of amides is 1. The first-order chi connectivity index (χ1) is 15.8. The Bertz CT molecular complexity index is 1140. The maximum Gasteiger partial charge on any atom is 0.408 e. The highest BCUT2D eigenvalue weighted by Gasteiger charge is 2.26. The molecule has 0 spiro atoms. The van der Waals surface area contributed by atoms with Crippen LogP contribution in [0.15, 0.2) is 41.5 Å². The average Bonchev–Trinajstić information content (AvgIpc) is 3.19. The summed E-state index contributed by atoms with van der Waals surface area (Å²) < 4.78 is 17.4. The number of fused-ring (bicyclic) bond motifs is 1. The minimum absolute atomic E-state index is 0.0294. The van der Waals surface area contributed by atoms with Gasteiger partial charge in [0.05, 0.1) is 12.9 Å². The number of aromatic amines is 1. The molecule has 2 heterocycles. The van der Waals surface area contributed by atoms with Crippen LogP contribution in [0.3, 0.4) is 0 Å². The molecule has 1 aromatic carbocycles. The molecule has 0 fully saturated rings. The van der Waals surface area contributed by atoms with E-state index in [1.165, 1.54) is 10.9 Å². The molecular formula is C21H26N6O6. The molecule has 2 aromatic heterocycles. The molecule has 3 aromatic rings. The van der Waals surface area contributed by atoms with E-state index < -0.39 is 23.7 Å². The number of nitrogens with two attached hydrogens (primary N) is 1. The van der Waals surface area contributed by atoms with Gasteiger partial charge in [-0.25, -0.2) is 14.6 Å². The van der Waals surface area contributed by atoms with Gasteiger partial charge in [0.1, 0.15) is 26.0 Å². The Morgan fingerprint density at radius 3 is 2.67 bits per heavy atom. The van der Waals surface area contributed by atoms with Gasteiger partial charge < -0.3 is 25.3 Å². The maximum absolute atomic E-state index is 12.4. The second-order valence-electron chi connectivity index (χ2n) is 7.47. The number of imidazole rings is 1. The van der Waals surface area contributed by atoms with Crippen molar-refractivity contribution in [2.24, 2.45) is 5.92 Å². The molecule has 3 rings (SSSR count). The summed E-state index contributed by atoms with van der Waals surface area (Å²) in [5.41, 5.74) is 6.37. The number of rotatable bonds is 10. The molecule has 33 heavy (non-hydrogen) atoms. The number of ether oxygens (including phenoxy) is 3. The summed E-state index contributed by atoms with van der Waals surface area (Å²) in [5, 5.41) is 2.54. The fourth-order valence-electron chi connectivity index (χ4n) is 2.91. The molecule has 1 atom stereocenters. The number of aromatic nitrogens is 4. The first-order valence-electron chi connectivity index (χ1n) is 10.3. The van der Waals surface area contributed by atoms with Gasteiger partial charge in [-0.1, -0.05) is 44.2 Å². The van der Waals surface area contributed by atoms with Gasteiger partial charge in [-0.05, 0) is 11.5 Å². The third-order valence-corrected chi connectivity index (χ3v) is 4.60. The van der Waals surface area contributed by atoms with E-state index >= 15 is 0 Å². The van der Waals surface area contributed by atoms with E-state index in [2.05, 4.69) is 20.3 Å². The van der Waals surface area contributed by atoms with Crippen LogP contribution in [0.5, 0.6) is 0 Å². The van der Waals surface area contributed by atoms with Crippen LogP contribution in [-0.2, 0) is 32.3 Å². The minimum Gasteiger partial charge on any atom is -0.462 e. The molecule has 0 aliphatic carbocycles. The van der Waals surface area contributed by atoms with Crippen molar-refractivity contribution in [3.63, 3.8) is 0 Å².